The number of benzene rings is 2. The standard InChI is InChI=1S/C18H18N2O2/c1-12(13-7-3-2-4-8-13)19-18(22)15-11-17(21)20-16-10-6-5-9-14(15)16/h2-10,12,15H,11H2,1H3,(H,19,22)(H,20,21). The van der Waals surface area contributed by atoms with Crippen LogP contribution in [-0.2, 0) is 9.59 Å². The smallest absolute Gasteiger partial charge is 0.228 e. The van der Waals surface area contributed by atoms with Crippen LogP contribution in [0.4, 0.5) is 5.69 Å². The molecule has 2 atom stereocenters. The molecule has 4 nitrogen and oxygen atoms in total. The summed E-state index contributed by atoms with van der Waals surface area (Å²) in [7, 11) is 0. The Hall–Kier alpha value is -2.62. The number of hydrogen-bond acceptors (Lipinski definition) is 2. The fourth-order valence-corrected chi connectivity index (χ4v) is 2.78. The van der Waals surface area contributed by atoms with Crippen molar-refractivity contribution in [1.29, 1.82) is 0 Å². The molecular formula is C18H18N2O2. The summed E-state index contributed by atoms with van der Waals surface area (Å²) in [6.07, 6.45) is 0.185. The molecular weight excluding hydrogens is 276 g/mol. The molecule has 112 valence electrons. The highest BCUT2D eigenvalue weighted by atomic mass is 16.2. The van der Waals surface area contributed by atoms with Gasteiger partial charge in [-0.2, -0.15) is 0 Å². The van der Waals surface area contributed by atoms with Gasteiger partial charge in [-0.3, -0.25) is 9.59 Å². The number of fused-ring (bicyclic) bond motifs is 1. The highest BCUT2D eigenvalue weighted by Gasteiger charge is 2.30. The van der Waals surface area contributed by atoms with Gasteiger partial charge in [-0.1, -0.05) is 48.5 Å². The molecule has 1 aliphatic heterocycles. The van der Waals surface area contributed by atoms with E-state index in [-0.39, 0.29) is 24.3 Å². The quantitative estimate of drug-likeness (QED) is 0.914. The zero-order valence-corrected chi connectivity index (χ0v) is 12.4. The van der Waals surface area contributed by atoms with E-state index < -0.39 is 5.92 Å². The highest BCUT2D eigenvalue weighted by Crippen LogP contribution is 2.32. The third-order valence-corrected chi connectivity index (χ3v) is 3.97. The number of rotatable bonds is 3. The van der Waals surface area contributed by atoms with E-state index in [1.165, 1.54) is 0 Å². The van der Waals surface area contributed by atoms with Gasteiger partial charge in [0.25, 0.3) is 0 Å². The number of para-hydroxylation sites is 1. The Morgan fingerprint density at radius 2 is 1.82 bits per heavy atom. The molecule has 0 aliphatic carbocycles. The van der Waals surface area contributed by atoms with E-state index in [9.17, 15) is 9.59 Å². The topological polar surface area (TPSA) is 58.2 Å². The number of hydrogen-bond donors (Lipinski definition) is 2. The van der Waals surface area contributed by atoms with Crippen LogP contribution in [0.25, 0.3) is 0 Å². The molecule has 2 aromatic carbocycles. The van der Waals surface area contributed by atoms with Gasteiger partial charge in [-0.15, -0.1) is 0 Å². The van der Waals surface area contributed by atoms with Crippen LogP contribution >= 0.6 is 0 Å². The van der Waals surface area contributed by atoms with Crippen LogP contribution in [0.15, 0.2) is 54.6 Å². The third kappa shape index (κ3) is 2.86. The van der Waals surface area contributed by atoms with Crippen molar-refractivity contribution >= 4 is 17.5 Å². The maximum absolute atomic E-state index is 12.6. The lowest BCUT2D eigenvalue weighted by atomic mass is 9.89. The minimum absolute atomic E-state index is 0.0918. The fraction of sp³-hybridized carbons (Fsp3) is 0.222. The second kappa shape index (κ2) is 6.02. The molecule has 1 heterocycles. The first kappa shape index (κ1) is 14.3. The van der Waals surface area contributed by atoms with Crippen LogP contribution in [0.2, 0.25) is 0 Å². The molecule has 0 spiro atoms. The molecule has 2 N–H and O–H groups in total. The summed E-state index contributed by atoms with van der Waals surface area (Å²) in [4.78, 5) is 24.4. The zero-order valence-electron chi connectivity index (χ0n) is 12.4. The minimum Gasteiger partial charge on any atom is -0.349 e. The summed E-state index contributed by atoms with van der Waals surface area (Å²) in [6.45, 7) is 1.95. The molecule has 2 unspecified atom stereocenters. The Balaban J connectivity index is 1.79. The van der Waals surface area contributed by atoms with Gasteiger partial charge < -0.3 is 10.6 Å². The van der Waals surface area contributed by atoms with Crippen molar-refractivity contribution in [2.24, 2.45) is 0 Å². The van der Waals surface area contributed by atoms with Crippen molar-refractivity contribution in [3.8, 4) is 0 Å². The lowest BCUT2D eigenvalue weighted by Gasteiger charge is -2.26. The van der Waals surface area contributed by atoms with Crippen LogP contribution in [0.3, 0.4) is 0 Å². The molecule has 2 aromatic rings. The molecule has 0 saturated carbocycles. The summed E-state index contributed by atoms with van der Waals surface area (Å²) in [6, 6.07) is 17.2. The van der Waals surface area contributed by atoms with Crippen LogP contribution in [0, 0.1) is 0 Å². The summed E-state index contributed by atoms with van der Waals surface area (Å²) in [5, 5.41) is 5.82. The molecule has 4 heteroatoms. The molecule has 0 bridgehead atoms. The maximum Gasteiger partial charge on any atom is 0.228 e. The molecule has 1 aliphatic rings. The molecule has 0 saturated heterocycles. The molecule has 3 rings (SSSR count). The van der Waals surface area contributed by atoms with E-state index in [4.69, 9.17) is 0 Å². The van der Waals surface area contributed by atoms with Gasteiger partial charge in [-0.25, -0.2) is 0 Å². The van der Waals surface area contributed by atoms with Crippen molar-refractivity contribution < 1.29 is 9.59 Å². The summed E-state index contributed by atoms with van der Waals surface area (Å²) >= 11 is 0. The minimum atomic E-state index is -0.434. The Kier molecular flexibility index (Phi) is 3.92. The molecule has 2 amide bonds. The van der Waals surface area contributed by atoms with Gasteiger partial charge in [0.15, 0.2) is 0 Å². The Morgan fingerprint density at radius 1 is 1.14 bits per heavy atom. The van der Waals surface area contributed by atoms with Crippen LogP contribution in [-0.4, -0.2) is 11.8 Å². The van der Waals surface area contributed by atoms with Crippen LogP contribution < -0.4 is 10.6 Å². The number of carbonyl (C=O) groups excluding carboxylic acids is 2. The van der Waals surface area contributed by atoms with Gasteiger partial charge >= 0.3 is 0 Å². The average molecular weight is 294 g/mol. The van der Waals surface area contributed by atoms with Gasteiger partial charge in [0, 0.05) is 12.1 Å². The van der Waals surface area contributed by atoms with E-state index in [0.717, 1.165) is 16.8 Å². The Bertz CT molecular complexity index is 697. The van der Waals surface area contributed by atoms with E-state index in [1.54, 1.807) is 0 Å². The molecule has 22 heavy (non-hydrogen) atoms. The summed E-state index contributed by atoms with van der Waals surface area (Å²) in [5.41, 5.74) is 2.65. The van der Waals surface area contributed by atoms with E-state index >= 15 is 0 Å². The normalized spacial score (nSPS) is 18.0. The first-order valence-corrected chi connectivity index (χ1v) is 7.39. The van der Waals surface area contributed by atoms with E-state index in [0.29, 0.717) is 0 Å². The maximum atomic E-state index is 12.6. The van der Waals surface area contributed by atoms with Crippen LogP contribution in [0.1, 0.15) is 36.4 Å². The van der Waals surface area contributed by atoms with Crippen molar-refractivity contribution in [2.45, 2.75) is 25.3 Å². The number of amides is 2. The molecule has 0 fully saturated rings. The predicted molar refractivity (Wildman–Crippen MR) is 85.4 cm³/mol. The number of anilines is 1. The summed E-state index contributed by atoms with van der Waals surface area (Å²) < 4.78 is 0. The first-order valence-electron chi connectivity index (χ1n) is 7.39. The molecule has 0 aromatic heterocycles. The highest BCUT2D eigenvalue weighted by molar-refractivity contribution is 6.01. The zero-order chi connectivity index (χ0) is 15.5. The second-order valence-corrected chi connectivity index (χ2v) is 5.53. The largest absolute Gasteiger partial charge is 0.349 e. The number of nitrogens with one attached hydrogen (secondary N) is 2. The van der Waals surface area contributed by atoms with Gasteiger partial charge in [0.1, 0.15) is 0 Å². The van der Waals surface area contributed by atoms with E-state index in [1.807, 2.05) is 61.5 Å². The molecule has 0 radical (unpaired) electrons. The summed E-state index contributed by atoms with van der Waals surface area (Å²) in [5.74, 6) is -0.666. The van der Waals surface area contributed by atoms with Gasteiger partial charge in [-0.05, 0) is 24.1 Å². The van der Waals surface area contributed by atoms with Crippen molar-refractivity contribution in [3.05, 3.63) is 65.7 Å². The third-order valence-electron chi connectivity index (χ3n) is 3.97. The lowest BCUT2D eigenvalue weighted by molar-refractivity contribution is -0.126. The SMILES string of the molecule is CC(NC(=O)C1CC(=O)Nc2ccccc21)c1ccccc1. The van der Waals surface area contributed by atoms with Crippen LogP contribution in [0.5, 0.6) is 0 Å². The van der Waals surface area contributed by atoms with E-state index in [2.05, 4.69) is 10.6 Å². The lowest BCUT2D eigenvalue weighted by Crippen LogP contribution is -2.36. The average Bonchev–Trinajstić information content (AvgIpc) is 2.54. The van der Waals surface area contributed by atoms with Crippen molar-refractivity contribution in [1.82, 2.24) is 5.32 Å². The van der Waals surface area contributed by atoms with Gasteiger partial charge in [0.2, 0.25) is 11.8 Å². The second-order valence-electron chi connectivity index (χ2n) is 5.53. The van der Waals surface area contributed by atoms with Gasteiger partial charge in [0.05, 0.1) is 12.0 Å². The Labute approximate surface area is 129 Å². The predicted octanol–water partition coefficient (Wildman–Crippen LogP) is 2.99. The number of carbonyl (C=O) groups is 2. The van der Waals surface area contributed by atoms with Crippen molar-refractivity contribution in [3.63, 3.8) is 0 Å². The fourth-order valence-electron chi connectivity index (χ4n) is 2.78. The first-order chi connectivity index (χ1) is 10.6. The Morgan fingerprint density at radius 3 is 2.59 bits per heavy atom. The van der Waals surface area contributed by atoms with Crippen molar-refractivity contribution in [2.75, 3.05) is 5.32 Å². The monoisotopic (exact) mass is 294 g/mol.